The number of hydrogen-bond donors (Lipinski definition) is 0. The molecule has 9 nitrogen and oxygen atoms in total. The van der Waals surface area contributed by atoms with Crippen LogP contribution in [-0.2, 0) is 19.1 Å². The molecule has 0 bridgehead atoms. The zero-order valence-electron chi connectivity index (χ0n) is 16.0. The van der Waals surface area contributed by atoms with Crippen LogP contribution in [0.4, 0.5) is 5.82 Å². The molecule has 2 aromatic rings. The molecule has 152 valence electrons. The summed E-state index contributed by atoms with van der Waals surface area (Å²) < 4.78 is 21.0. The molecule has 10 heteroatoms. The molecule has 0 saturated carbocycles. The fourth-order valence-corrected chi connectivity index (χ4v) is 2.87. The van der Waals surface area contributed by atoms with E-state index in [4.69, 9.17) is 30.5 Å². The molecule has 0 aliphatic heterocycles. The van der Waals surface area contributed by atoms with Crippen LogP contribution in [0.3, 0.4) is 0 Å². The Balaban J connectivity index is 2.08. The third-order valence-corrected chi connectivity index (χ3v) is 4.53. The number of benzene rings is 1. The maximum atomic E-state index is 12.5. The molecule has 0 amide bonds. The summed E-state index contributed by atoms with van der Waals surface area (Å²) in [7, 11) is 4.36. The highest BCUT2D eigenvalue weighted by Crippen LogP contribution is 2.35. The third kappa shape index (κ3) is 4.20. The van der Waals surface area contributed by atoms with E-state index in [2.05, 4.69) is 15.0 Å². The number of alkyl halides is 1. The topological polar surface area (TPSA) is 109 Å². The summed E-state index contributed by atoms with van der Waals surface area (Å²) in [6.45, 7) is 0.738. The van der Waals surface area contributed by atoms with E-state index in [9.17, 15) is 9.59 Å². The molecule has 29 heavy (non-hydrogen) atoms. The van der Waals surface area contributed by atoms with Gasteiger partial charge in [0.05, 0.1) is 26.3 Å². The van der Waals surface area contributed by atoms with Crippen LogP contribution in [0, 0.1) is 0 Å². The number of fused-ring (bicyclic) bond motifs is 1. The second-order valence-corrected chi connectivity index (χ2v) is 6.30. The summed E-state index contributed by atoms with van der Waals surface area (Å²) >= 11 is 6.10. The Morgan fingerprint density at radius 3 is 2.55 bits per heavy atom. The molecular formula is C19H18ClN3O6. The van der Waals surface area contributed by atoms with Gasteiger partial charge in [-0.25, -0.2) is 15.0 Å². The normalized spacial score (nSPS) is 18.1. The molecule has 0 N–H and O–H groups in total. The average Bonchev–Trinajstić information content (AvgIpc) is 2.73. The lowest BCUT2D eigenvalue weighted by atomic mass is 10.0. The molecule has 1 aliphatic rings. The minimum Gasteiger partial charge on any atom is -0.493 e. The van der Waals surface area contributed by atoms with Crippen LogP contribution in [0.1, 0.15) is 0 Å². The first-order valence-corrected chi connectivity index (χ1v) is 8.95. The van der Waals surface area contributed by atoms with Crippen LogP contribution < -0.4 is 9.47 Å². The van der Waals surface area contributed by atoms with E-state index in [1.54, 1.807) is 19.2 Å². The monoisotopic (exact) mass is 419 g/mol. The number of Topliss-reactive ketones (excluding diaryl/α,β-unsaturated/α-hetero) is 1. The Labute approximate surface area is 171 Å². The van der Waals surface area contributed by atoms with Gasteiger partial charge < -0.3 is 18.9 Å². The van der Waals surface area contributed by atoms with Crippen molar-refractivity contribution >= 4 is 45.6 Å². The number of ether oxygens (including phenoxy) is 4. The van der Waals surface area contributed by atoms with Crippen LogP contribution in [0.5, 0.6) is 11.5 Å². The minimum absolute atomic E-state index is 0.129. The summed E-state index contributed by atoms with van der Waals surface area (Å²) in [5, 5.41) is -0.737. The first-order valence-electron chi connectivity index (χ1n) is 8.51. The molecule has 1 aromatic heterocycles. The maximum Gasteiger partial charge on any atom is 0.243 e. The lowest BCUT2D eigenvalue weighted by Gasteiger charge is -2.16. The molecule has 0 fully saturated rings. The first kappa shape index (κ1) is 20.7. The standard InChI is InChI=1S/C19H18ClN3O6/c1-26-4-5-29-14-7-11-10(6-13(14)27-2)19(22-9-21-11)23-17-16(20)12(24)8-15(28-3)18(17)25/h6-9,16H,4-5H2,1-3H3. The summed E-state index contributed by atoms with van der Waals surface area (Å²) in [6, 6.07) is 3.31. The van der Waals surface area contributed by atoms with E-state index in [0.717, 1.165) is 6.08 Å². The highest BCUT2D eigenvalue weighted by Gasteiger charge is 2.35. The largest absolute Gasteiger partial charge is 0.493 e. The molecule has 1 heterocycles. The smallest absolute Gasteiger partial charge is 0.243 e. The predicted molar refractivity (Wildman–Crippen MR) is 105 cm³/mol. The van der Waals surface area contributed by atoms with Gasteiger partial charge in [-0.1, -0.05) is 0 Å². The van der Waals surface area contributed by atoms with E-state index >= 15 is 0 Å². The number of carbonyl (C=O) groups excluding carboxylic acids is 2. The minimum atomic E-state index is -1.23. The van der Waals surface area contributed by atoms with Crippen molar-refractivity contribution in [2.75, 3.05) is 34.5 Å². The third-order valence-electron chi connectivity index (χ3n) is 4.11. The van der Waals surface area contributed by atoms with Gasteiger partial charge in [0.15, 0.2) is 28.9 Å². The molecule has 0 radical (unpaired) electrons. The lowest BCUT2D eigenvalue weighted by Crippen LogP contribution is -2.36. The van der Waals surface area contributed by atoms with Crippen molar-refractivity contribution in [1.82, 2.24) is 9.97 Å². The van der Waals surface area contributed by atoms with Gasteiger partial charge in [-0.3, -0.25) is 9.59 Å². The molecular weight excluding hydrogens is 402 g/mol. The van der Waals surface area contributed by atoms with Crippen molar-refractivity contribution in [1.29, 1.82) is 0 Å². The van der Waals surface area contributed by atoms with Crippen molar-refractivity contribution < 1.29 is 28.5 Å². The van der Waals surface area contributed by atoms with Gasteiger partial charge in [0.1, 0.15) is 24.0 Å². The van der Waals surface area contributed by atoms with Gasteiger partial charge >= 0.3 is 0 Å². The average molecular weight is 420 g/mol. The number of hydrogen-bond acceptors (Lipinski definition) is 9. The van der Waals surface area contributed by atoms with Gasteiger partial charge in [-0.05, 0) is 6.07 Å². The molecule has 3 rings (SSSR count). The number of aliphatic imine (C=N–C) groups is 1. The van der Waals surface area contributed by atoms with E-state index in [1.165, 1.54) is 20.5 Å². The molecule has 0 saturated heterocycles. The fraction of sp³-hybridized carbons (Fsp3) is 0.316. The number of halogens is 1. The summed E-state index contributed by atoms with van der Waals surface area (Å²) in [4.78, 5) is 37.2. The number of methoxy groups -OCH3 is 3. The van der Waals surface area contributed by atoms with E-state index in [0.29, 0.717) is 35.6 Å². The van der Waals surface area contributed by atoms with E-state index < -0.39 is 16.9 Å². The van der Waals surface area contributed by atoms with Crippen LogP contribution in [0.25, 0.3) is 10.9 Å². The number of ketones is 2. The number of aromatic nitrogens is 2. The second-order valence-electron chi connectivity index (χ2n) is 5.86. The van der Waals surface area contributed by atoms with E-state index in [-0.39, 0.29) is 17.3 Å². The number of rotatable bonds is 7. The quantitative estimate of drug-likeness (QED) is 0.495. The van der Waals surface area contributed by atoms with Crippen molar-refractivity contribution in [2.45, 2.75) is 5.38 Å². The highest BCUT2D eigenvalue weighted by molar-refractivity contribution is 6.63. The summed E-state index contributed by atoms with van der Waals surface area (Å²) in [5.74, 6) is -0.141. The molecule has 1 atom stereocenters. The lowest BCUT2D eigenvalue weighted by molar-refractivity contribution is -0.117. The molecule has 0 spiro atoms. The van der Waals surface area contributed by atoms with Gasteiger partial charge in [-0.2, -0.15) is 0 Å². The first-order chi connectivity index (χ1) is 14.0. The van der Waals surface area contributed by atoms with Crippen LogP contribution >= 0.6 is 11.6 Å². The molecule has 1 unspecified atom stereocenters. The Hall–Kier alpha value is -3.04. The van der Waals surface area contributed by atoms with Gasteiger partial charge in [-0.15, -0.1) is 11.6 Å². The fourth-order valence-electron chi connectivity index (χ4n) is 2.66. The van der Waals surface area contributed by atoms with Crippen molar-refractivity contribution in [3.63, 3.8) is 0 Å². The maximum absolute atomic E-state index is 12.5. The van der Waals surface area contributed by atoms with Gasteiger partial charge in [0, 0.05) is 24.6 Å². The SMILES string of the molecule is COCCOc1cc2ncnc(N=C3C(=O)C(OC)=CC(=O)C3Cl)c2cc1OC. The summed E-state index contributed by atoms with van der Waals surface area (Å²) in [6.07, 6.45) is 2.35. The Morgan fingerprint density at radius 1 is 1.07 bits per heavy atom. The Bertz CT molecular complexity index is 1020. The summed E-state index contributed by atoms with van der Waals surface area (Å²) in [5.41, 5.74) is 0.339. The number of nitrogens with zero attached hydrogens (tertiary/aromatic N) is 3. The van der Waals surface area contributed by atoms with Gasteiger partial charge in [0.25, 0.3) is 0 Å². The van der Waals surface area contributed by atoms with Crippen LogP contribution in [0.2, 0.25) is 0 Å². The highest BCUT2D eigenvalue weighted by atomic mass is 35.5. The predicted octanol–water partition coefficient (Wildman–Crippen LogP) is 2.03. The Morgan fingerprint density at radius 2 is 1.86 bits per heavy atom. The number of allylic oxidation sites excluding steroid dienone is 2. The van der Waals surface area contributed by atoms with E-state index in [1.807, 2.05) is 0 Å². The van der Waals surface area contributed by atoms with Crippen molar-refractivity contribution in [2.24, 2.45) is 4.99 Å². The van der Waals surface area contributed by atoms with Crippen molar-refractivity contribution in [3.05, 3.63) is 30.3 Å². The van der Waals surface area contributed by atoms with Crippen LogP contribution in [0.15, 0.2) is 35.3 Å². The second kappa shape index (κ2) is 8.97. The van der Waals surface area contributed by atoms with Crippen LogP contribution in [-0.4, -0.2) is 67.2 Å². The van der Waals surface area contributed by atoms with Gasteiger partial charge in [0.2, 0.25) is 5.78 Å². The van der Waals surface area contributed by atoms with Crippen molar-refractivity contribution in [3.8, 4) is 11.5 Å². The molecule has 1 aromatic carbocycles. The zero-order valence-corrected chi connectivity index (χ0v) is 16.7. The molecule has 1 aliphatic carbocycles. The zero-order chi connectivity index (χ0) is 21.0. The number of carbonyl (C=O) groups is 2. The Kier molecular flexibility index (Phi) is 6.40.